The Kier molecular flexibility index (Phi) is 6.69. The third-order valence-corrected chi connectivity index (χ3v) is 6.90. The van der Waals surface area contributed by atoms with E-state index < -0.39 is 0 Å². The lowest BCUT2D eigenvalue weighted by Gasteiger charge is -2.34. The number of nitrogens with one attached hydrogen (secondary N) is 1. The monoisotopic (exact) mass is 487 g/mol. The normalized spacial score (nSPS) is 14.1. The van der Waals surface area contributed by atoms with Crippen molar-refractivity contribution in [3.63, 3.8) is 0 Å². The van der Waals surface area contributed by atoms with Crippen LogP contribution in [0.5, 0.6) is 0 Å². The van der Waals surface area contributed by atoms with Crippen LogP contribution in [-0.2, 0) is 4.79 Å². The number of thiazole rings is 1. The van der Waals surface area contributed by atoms with E-state index in [2.05, 4.69) is 10.5 Å². The number of piperazine rings is 1. The number of hydrogen-bond donors (Lipinski definition) is 1. The summed E-state index contributed by atoms with van der Waals surface area (Å²) in [4.78, 5) is 35.3. The van der Waals surface area contributed by atoms with Crippen LogP contribution >= 0.6 is 11.3 Å². The van der Waals surface area contributed by atoms with Gasteiger partial charge in [0.05, 0.1) is 12.2 Å². The predicted molar refractivity (Wildman–Crippen MR) is 135 cm³/mol. The van der Waals surface area contributed by atoms with Crippen LogP contribution in [-0.4, -0.2) is 64.5 Å². The summed E-state index contributed by atoms with van der Waals surface area (Å²) < 4.78 is 4.98. The van der Waals surface area contributed by atoms with Gasteiger partial charge in [-0.15, -0.1) is 11.3 Å². The van der Waals surface area contributed by atoms with Gasteiger partial charge in [0.15, 0.2) is 5.82 Å². The Balaban J connectivity index is 1.28. The number of amides is 2. The number of hydrogen-bond acceptors (Lipinski definition) is 7. The first-order chi connectivity index (χ1) is 17.1. The standard InChI is InChI=1S/C26H25N5O3S/c1-18-16-21(29-34-18)27-22(32)17-30-12-14-31(15-13-30)26(33)24-23(19-8-4-2-5-9-19)28-25(35-24)20-10-6-3-7-11-20/h2-11,16H,12-15,17H2,1H3,(H,27,29,32). The van der Waals surface area contributed by atoms with Crippen molar-refractivity contribution in [3.05, 3.63) is 77.4 Å². The van der Waals surface area contributed by atoms with Gasteiger partial charge >= 0.3 is 0 Å². The molecular formula is C26H25N5O3S. The molecule has 0 unspecified atom stereocenters. The Labute approximate surface area is 207 Å². The van der Waals surface area contributed by atoms with E-state index in [1.165, 1.54) is 11.3 Å². The molecule has 0 aliphatic carbocycles. The molecule has 1 N–H and O–H groups in total. The van der Waals surface area contributed by atoms with Crippen molar-refractivity contribution in [3.8, 4) is 21.8 Å². The molecule has 0 saturated carbocycles. The highest BCUT2D eigenvalue weighted by Gasteiger charge is 2.28. The van der Waals surface area contributed by atoms with Crippen LogP contribution in [0.4, 0.5) is 5.82 Å². The van der Waals surface area contributed by atoms with Crippen molar-refractivity contribution in [2.24, 2.45) is 0 Å². The van der Waals surface area contributed by atoms with E-state index in [0.717, 1.165) is 16.1 Å². The fraction of sp³-hybridized carbons (Fsp3) is 0.231. The van der Waals surface area contributed by atoms with E-state index >= 15 is 0 Å². The molecule has 0 bridgehead atoms. The van der Waals surface area contributed by atoms with Gasteiger partial charge in [-0.3, -0.25) is 14.5 Å². The minimum Gasteiger partial charge on any atom is -0.360 e. The highest BCUT2D eigenvalue weighted by atomic mass is 32.1. The van der Waals surface area contributed by atoms with Gasteiger partial charge in [0.1, 0.15) is 15.6 Å². The van der Waals surface area contributed by atoms with Crippen molar-refractivity contribution in [2.45, 2.75) is 6.92 Å². The number of anilines is 1. The van der Waals surface area contributed by atoms with Crippen LogP contribution in [0.1, 0.15) is 15.4 Å². The molecule has 1 saturated heterocycles. The predicted octanol–water partition coefficient (Wildman–Crippen LogP) is 4.17. The number of rotatable bonds is 6. The summed E-state index contributed by atoms with van der Waals surface area (Å²) >= 11 is 1.43. The Morgan fingerprint density at radius 1 is 0.971 bits per heavy atom. The van der Waals surface area contributed by atoms with E-state index in [9.17, 15) is 9.59 Å². The average Bonchev–Trinajstić information content (AvgIpc) is 3.51. The van der Waals surface area contributed by atoms with Crippen LogP contribution < -0.4 is 5.32 Å². The molecule has 3 heterocycles. The third-order valence-electron chi connectivity index (χ3n) is 5.81. The zero-order valence-electron chi connectivity index (χ0n) is 19.3. The minimum absolute atomic E-state index is 0.0225. The van der Waals surface area contributed by atoms with E-state index in [0.29, 0.717) is 48.3 Å². The van der Waals surface area contributed by atoms with Crippen molar-refractivity contribution in [2.75, 3.05) is 38.0 Å². The lowest BCUT2D eigenvalue weighted by atomic mass is 10.1. The quantitative estimate of drug-likeness (QED) is 0.439. The van der Waals surface area contributed by atoms with Crippen LogP contribution in [0.2, 0.25) is 0 Å². The molecule has 35 heavy (non-hydrogen) atoms. The van der Waals surface area contributed by atoms with Gasteiger partial charge in [0.2, 0.25) is 5.91 Å². The SMILES string of the molecule is Cc1cc(NC(=O)CN2CCN(C(=O)c3sc(-c4ccccc4)nc3-c3ccccc3)CC2)no1. The second kappa shape index (κ2) is 10.2. The Morgan fingerprint density at radius 2 is 1.63 bits per heavy atom. The molecule has 2 amide bonds. The van der Waals surface area contributed by atoms with Crippen molar-refractivity contribution in [1.29, 1.82) is 0 Å². The zero-order valence-corrected chi connectivity index (χ0v) is 20.1. The topological polar surface area (TPSA) is 91.6 Å². The Bertz CT molecular complexity index is 1310. The molecule has 4 aromatic rings. The summed E-state index contributed by atoms with van der Waals surface area (Å²) in [7, 11) is 0. The third kappa shape index (κ3) is 5.31. The summed E-state index contributed by atoms with van der Waals surface area (Å²) in [5.74, 6) is 0.875. The highest BCUT2D eigenvalue weighted by molar-refractivity contribution is 7.17. The largest absolute Gasteiger partial charge is 0.360 e. The molecule has 2 aromatic carbocycles. The van der Waals surface area contributed by atoms with Crippen LogP contribution in [0, 0.1) is 6.92 Å². The second-order valence-electron chi connectivity index (χ2n) is 8.37. The number of carbonyl (C=O) groups is 2. The van der Waals surface area contributed by atoms with E-state index in [1.54, 1.807) is 13.0 Å². The van der Waals surface area contributed by atoms with Gasteiger partial charge < -0.3 is 14.7 Å². The summed E-state index contributed by atoms with van der Waals surface area (Å²) in [6.45, 7) is 4.32. The van der Waals surface area contributed by atoms with Gasteiger partial charge in [-0.1, -0.05) is 65.8 Å². The number of carbonyl (C=O) groups excluding carboxylic acids is 2. The van der Waals surface area contributed by atoms with E-state index in [1.807, 2.05) is 70.5 Å². The Hall–Kier alpha value is -3.82. The van der Waals surface area contributed by atoms with Crippen LogP contribution in [0.3, 0.4) is 0 Å². The number of nitrogens with zero attached hydrogens (tertiary/aromatic N) is 4. The number of benzene rings is 2. The van der Waals surface area contributed by atoms with Gasteiger partial charge in [-0.25, -0.2) is 4.98 Å². The molecular weight excluding hydrogens is 462 g/mol. The number of aryl methyl sites for hydroxylation is 1. The van der Waals surface area contributed by atoms with Gasteiger partial charge in [0.25, 0.3) is 5.91 Å². The minimum atomic E-state index is -0.153. The summed E-state index contributed by atoms with van der Waals surface area (Å²) in [6.07, 6.45) is 0. The first-order valence-electron chi connectivity index (χ1n) is 11.4. The highest BCUT2D eigenvalue weighted by Crippen LogP contribution is 2.34. The van der Waals surface area contributed by atoms with Crippen LogP contribution in [0.15, 0.2) is 71.3 Å². The van der Waals surface area contributed by atoms with Gasteiger partial charge in [-0.05, 0) is 6.92 Å². The fourth-order valence-corrected chi connectivity index (χ4v) is 5.09. The zero-order chi connectivity index (χ0) is 24.2. The second-order valence-corrected chi connectivity index (χ2v) is 9.37. The van der Waals surface area contributed by atoms with Crippen molar-refractivity contribution >= 4 is 29.0 Å². The summed E-state index contributed by atoms with van der Waals surface area (Å²) in [5.41, 5.74) is 2.63. The Morgan fingerprint density at radius 3 is 2.26 bits per heavy atom. The fourth-order valence-electron chi connectivity index (χ4n) is 4.02. The van der Waals surface area contributed by atoms with Gasteiger partial charge in [-0.2, -0.15) is 0 Å². The van der Waals surface area contributed by atoms with Crippen molar-refractivity contribution in [1.82, 2.24) is 19.9 Å². The lowest BCUT2D eigenvalue weighted by Crippen LogP contribution is -2.50. The molecule has 1 fully saturated rings. The molecule has 5 rings (SSSR count). The molecule has 8 nitrogen and oxygen atoms in total. The first-order valence-corrected chi connectivity index (χ1v) is 12.2. The molecule has 1 aliphatic rings. The molecule has 1 aliphatic heterocycles. The maximum absolute atomic E-state index is 13.6. The maximum atomic E-state index is 13.6. The molecule has 9 heteroatoms. The first kappa shape index (κ1) is 22.9. The maximum Gasteiger partial charge on any atom is 0.266 e. The molecule has 0 atom stereocenters. The van der Waals surface area contributed by atoms with Crippen molar-refractivity contribution < 1.29 is 14.1 Å². The molecule has 0 radical (unpaired) electrons. The van der Waals surface area contributed by atoms with Gasteiger partial charge in [0, 0.05) is 43.4 Å². The summed E-state index contributed by atoms with van der Waals surface area (Å²) in [6, 6.07) is 21.4. The van der Waals surface area contributed by atoms with Crippen LogP contribution in [0.25, 0.3) is 21.8 Å². The number of aromatic nitrogens is 2. The smallest absolute Gasteiger partial charge is 0.266 e. The van der Waals surface area contributed by atoms with E-state index in [-0.39, 0.29) is 18.4 Å². The molecule has 178 valence electrons. The average molecular weight is 488 g/mol. The molecule has 2 aromatic heterocycles. The van der Waals surface area contributed by atoms with E-state index in [4.69, 9.17) is 9.51 Å². The lowest BCUT2D eigenvalue weighted by molar-refractivity contribution is -0.117. The summed E-state index contributed by atoms with van der Waals surface area (Å²) in [5, 5.41) is 7.36. The molecule has 0 spiro atoms.